The van der Waals surface area contributed by atoms with E-state index in [1.807, 2.05) is 0 Å². The molecule has 0 spiro atoms. The van der Waals surface area contributed by atoms with Gasteiger partial charge in [-0.1, -0.05) is 36.9 Å². The SMILES string of the molecule is C=Cc1cc(C(=O)Cc2ccc(C(=N)CC(=O)OC(C)OC(C)=O)cc2)c(-c2ccc(C(=O)NCC3CC3)nc2C(=O)O)cc1OC. The summed E-state index contributed by atoms with van der Waals surface area (Å²) in [6, 6.07) is 12.5. The molecule has 1 saturated carbocycles. The summed E-state index contributed by atoms with van der Waals surface area (Å²) in [7, 11) is 1.44. The Labute approximate surface area is 271 Å². The maximum Gasteiger partial charge on any atom is 0.355 e. The van der Waals surface area contributed by atoms with Crippen LogP contribution >= 0.6 is 0 Å². The largest absolute Gasteiger partial charge is 0.496 e. The van der Waals surface area contributed by atoms with Crippen molar-refractivity contribution in [1.82, 2.24) is 10.3 Å². The Morgan fingerprint density at radius 2 is 1.77 bits per heavy atom. The Kier molecular flexibility index (Phi) is 11.0. The summed E-state index contributed by atoms with van der Waals surface area (Å²) in [4.78, 5) is 66.1. The molecular weight excluding hydrogens is 606 g/mol. The summed E-state index contributed by atoms with van der Waals surface area (Å²) in [5, 5.41) is 21.1. The first-order valence-electron chi connectivity index (χ1n) is 14.8. The number of benzene rings is 2. The first-order valence-corrected chi connectivity index (χ1v) is 14.8. The number of carbonyl (C=O) groups excluding carboxylic acids is 4. The second-order valence-corrected chi connectivity index (χ2v) is 11.0. The Morgan fingerprint density at radius 1 is 1.06 bits per heavy atom. The topological polar surface area (TPSA) is 182 Å². The van der Waals surface area contributed by atoms with Crippen LogP contribution in [0.5, 0.6) is 5.75 Å². The van der Waals surface area contributed by atoms with Crippen LogP contribution in [0.3, 0.4) is 0 Å². The van der Waals surface area contributed by atoms with Crippen molar-refractivity contribution in [3.8, 4) is 16.9 Å². The summed E-state index contributed by atoms with van der Waals surface area (Å²) < 4.78 is 15.2. The molecule has 0 radical (unpaired) electrons. The molecule has 1 aliphatic rings. The quantitative estimate of drug-likeness (QED) is 0.0896. The van der Waals surface area contributed by atoms with Gasteiger partial charge in [-0.15, -0.1) is 0 Å². The molecular formula is C35H35N3O9. The molecule has 12 heteroatoms. The number of carbonyl (C=O) groups is 5. The van der Waals surface area contributed by atoms with E-state index in [1.54, 1.807) is 36.4 Å². The van der Waals surface area contributed by atoms with Crippen molar-refractivity contribution < 1.29 is 43.3 Å². The highest BCUT2D eigenvalue weighted by molar-refractivity contribution is 6.08. The van der Waals surface area contributed by atoms with Crippen molar-refractivity contribution in [1.29, 1.82) is 5.41 Å². The smallest absolute Gasteiger partial charge is 0.355 e. The molecule has 1 fully saturated rings. The number of esters is 2. The number of rotatable bonds is 15. The van der Waals surface area contributed by atoms with Gasteiger partial charge in [0.2, 0.25) is 6.29 Å². The molecule has 244 valence electrons. The Hall–Kier alpha value is -5.65. The van der Waals surface area contributed by atoms with Gasteiger partial charge in [0.1, 0.15) is 11.4 Å². The number of aromatic nitrogens is 1. The molecule has 47 heavy (non-hydrogen) atoms. The number of hydrogen-bond donors (Lipinski definition) is 3. The first-order chi connectivity index (χ1) is 22.4. The second kappa shape index (κ2) is 15.1. The zero-order chi connectivity index (χ0) is 34.2. The first kappa shape index (κ1) is 34.2. The van der Waals surface area contributed by atoms with Crippen LogP contribution in [-0.2, 0) is 25.5 Å². The number of nitrogens with one attached hydrogen (secondary N) is 2. The molecule has 0 aliphatic heterocycles. The number of carboxylic acids is 1. The third-order valence-electron chi connectivity index (χ3n) is 7.38. The van der Waals surface area contributed by atoms with E-state index in [2.05, 4.69) is 16.9 Å². The highest BCUT2D eigenvalue weighted by Crippen LogP contribution is 2.35. The molecule has 1 aliphatic carbocycles. The number of nitrogens with zero attached hydrogens (tertiary/aromatic N) is 1. The Bertz CT molecular complexity index is 1740. The van der Waals surface area contributed by atoms with Crippen LogP contribution in [0.4, 0.5) is 0 Å². The average molecular weight is 642 g/mol. The fourth-order valence-electron chi connectivity index (χ4n) is 4.84. The molecule has 4 rings (SSSR count). The third-order valence-corrected chi connectivity index (χ3v) is 7.38. The number of amides is 1. The molecule has 1 heterocycles. The third kappa shape index (κ3) is 8.97. The number of ketones is 1. The molecule has 1 aromatic heterocycles. The minimum Gasteiger partial charge on any atom is -0.496 e. The van der Waals surface area contributed by atoms with Gasteiger partial charge in [0.05, 0.1) is 13.5 Å². The molecule has 12 nitrogen and oxygen atoms in total. The second-order valence-electron chi connectivity index (χ2n) is 11.0. The summed E-state index contributed by atoms with van der Waals surface area (Å²) in [5.74, 6) is -2.75. The van der Waals surface area contributed by atoms with Crippen LogP contribution in [0.25, 0.3) is 17.2 Å². The van der Waals surface area contributed by atoms with E-state index in [4.69, 9.17) is 19.6 Å². The van der Waals surface area contributed by atoms with Crippen molar-refractivity contribution in [2.24, 2.45) is 5.92 Å². The minimum absolute atomic E-state index is 0.0330. The lowest BCUT2D eigenvalue weighted by Gasteiger charge is -2.16. The van der Waals surface area contributed by atoms with Crippen LogP contribution in [0.15, 0.2) is 55.1 Å². The summed E-state index contributed by atoms with van der Waals surface area (Å²) in [6.45, 7) is 6.87. The molecule has 1 amide bonds. The lowest BCUT2D eigenvalue weighted by molar-refractivity contribution is -0.181. The predicted molar refractivity (Wildman–Crippen MR) is 172 cm³/mol. The highest BCUT2D eigenvalue weighted by atomic mass is 16.7. The lowest BCUT2D eigenvalue weighted by Crippen LogP contribution is -2.27. The average Bonchev–Trinajstić information content (AvgIpc) is 3.87. The van der Waals surface area contributed by atoms with Crippen LogP contribution in [-0.4, -0.2) is 65.3 Å². The summed E-state index contributed by atoms with van der Waals surface area (Å²) in [6.07, 6.45) is 2.07. The fraction of sp³-hybridized carbons (Fsp3) is 0.286. The molecule has 0 saturated heterocycles. The van der Waals surface area contributed by atoms with Crippen molar-refractivity contribution >= 4 is 41.4 Å². The van der Waals surface area contributed by atoms with Crippen LogP contribution in [0, 0.1) is 11.3 Å². The molecule has 1 unspecified atom stereocenters. The van der Waals surface area contributed by atoms with Gasteiger partial charge in [-0.05, 0) is 59.7 Å². The summed E-state index contributed by atoms with van der Waals surface area (Å²) in [5.41, 5.74) is 1.64. The van der Waals surface area contributed by atoms with E-state index in [0.717, 1.165) is 12.8 Å². The molecule has 3 N–H and O–H groups in total. The van der Waals surface area contributed by atoms with Crippen molar-refractivity contribution in [3.05, 3.63) is 88.8 Å². The number of ether oxygens (including phenoxy) is 3. The zero-order valence-electron chi connectivity index (χ0n) is 26.3. The number of aromatic carboxylic acids is 1. The van der Waals surface area contributed by atoms with E-state index in [0.29, 0.717) is 34.9 Å². The lowest BCUT2D eigenvalue weighted by atomic mass is 9.90. The maximum atomic E-state index is 13.8. The van der Waals surface area contributed by atoms with Crippen LogP contribution < -0.4 is 10.1 Å². The van der Waals surface area contributed by atoms with Gasteiger partial charge in [-0.25, -0.2) is 9.78 Å². The zero-order valence-corrected chi connectivity index (χ0v) is 26.3. The van der Waals surface area contributed by atoms with Gasteiger partial charge in [0.15, 0.2) is 11.5 Å². The molecule has 3 aromatic rings. The molecule has 1 atom stereocenters. The van der Waals surface area contributed by atoms with Gasteiger partial charge in [0.25, 0.3) is 5.91 Å². The van der Waals surface area contributed by atoms with E-state index in [9.17, 15) is 29.1 Å². The highest BCUT2D eigenvalue weighted by Gasteiger charge is 2.25. The number of Topliss-reactive ketones (excluding diaryl/α,β-unsaturated/α-hetero) is 1. The van der Waals surface area contributed by atoms with Crippen molar-refractivity contribution in [2.75, 3.05) is 13.7 Å². The number of hydrogen-bond acceptors (Lipinski definition) is 10. The molecule has 0 bridgehead atoms. The van der Waals surface area contributed by atoms with Gasteiger partial charge in [0, 0.05) is 49.2 Å². The predicted octanol–water partition coefficient (Wildman–Crippen LogP) is 4.87. The number of pyridine rings is 1. The van der Waals surface area contributed by atoms with E-state index in [1.165, 1.54) is 39.2 Å². The summed E-state index contributed by atoms with van der Waals surface area (Å²) >= 11 is 0. The van der Waals surface area contributed by atoms with Gasteiger partial charge in [-0.3, -0.25) is 19.2 Å². The molecule has 2 aromatic carbocycles. The number of methoxy groups -OCH3 is 1. The van der Waals surface area contributed by atoms with Gasteiger partial charge < -0.3 is 30.0 Å². The van der Waals surface area contributed by atoms with Gasteiger partial charge >= 0.3 is 17.9 Å². The fourth-order valence-corrected chi connectivity index (χ4v) is 4.84. The van der Waals surface area contributed by atoms with E-state index < -0.39 is 35.8 Å². The van der Waals surface area contributed by atoms with E-state index >= 15 is 0 Å². The Balaban J connectivity index is 1.58. The van der Waals surface area contributed by atoms with Crippen molar-refractivity contribution in [2.45, 2.75) is 45.8 Å². The van der Waals surface area contributed by atoms with Crippen LogP contribution in [0.2, 0.25) is 0 Å². The monoisotopic (exact) mass is 641 g/mol. The maximum absolute atomic E-state index is 13.8. The van der Waals surface area contributed by atoms with Crippen LogP contribution in [0.1, 0.15) is 81.1 Å². The Morgan fingerprint density at radius 3 is 2.36 bits per heavy atom. The normalized spacial score (nSPS) is 12.7. The van der Waals surface area contributed by atoms with E-state index in [-0.39, 0.29) is 46.7 Å². The number of carboxylic acid groups (broad SMARTS) is 1. The standard InChI is InChI=1S/C35H35N3O9/c1-5-23-15-27(30(40)14-21-8-10-24(11-9-21)28(36)17-32(41)47-20(3)46-19(2)39)26(16-31(23)45-4)25-12-13-29(38-33(25)35(43)44)34(42)37-18-22-6-7-22/h5,8-13,15-16,20,22,36H,1,6-7,14,17-18H2,2-4H3,(H,37,42)(H,43,44). The minimum atomic E-state index is -1.37. The van der Waals surface area contributed by atoms with Crippen molar-refractivity contribution in [3.63, 3.8) is 0 Å². The van der Waals surface area contributed by atoms with Gasteiger partial charge in [-0.2, -0.15) is 0 Å².